The molecule has 1 heterocycles. The zero-order valence-corrected chi connectivity index (χ0v) is 13.3. The van der Waals surface area contributed by atoms with Gasteiger partial charge in [-0.1, -0.05) is 29.8 Å². The van der Waals surface area contributed by atoms with Crippen LogP contribution < -0.4 is 11.1 Å². The molecule has 0 saturated carbocycles. The van der Waals surface area contributed by atoms with Gasteiger partial charge in [-0.25, -0.2) is 0 Å². The second-order valence-electron chi connectivity index (χ2n) is 5.30. The summed E-state index contributed by atoms with van der Waals surface area (Å²) in [7, 11) is 0. The molecule has 0 aromatic heterocycles. The second kappa shape index (κ2) is 6.14. The van der Waals surface area contributed by atoms with Crippen molar-refractivity contribution in [2.24, 2.45) is 0 Å². The zero-order valence-electron chi connectivity index (χ0n) is 11.7. The van der Waals surface area contributed by atoms with Crippen LogP contribution >= 0.6 is 15.9 Å². The number of rotatable bonds is 4. The molecule has 106 valence electrons. The van der Waals surface area contributed by atoms with E-state index in [1.165, 1.54) is 0 Å². The Balaban J connectivity index is 2.06. The Morgan fingerprint density at radius 3 is 2.79 bits per heavy atom. The predicted molar refractivity (Wildman–Crippen MR) is 84.5 cm³/mol. The van der Waals surface area contributed by atoms with Gasteiger partial charge in [-0.15, -0.1) is 0 Å². The summed E-state index contributed by atoms with van der Waals surface area (Å²) in [6.07, 6.45) is 4.22. The van der Waals surface area contributed by atoms with Crippen LogP contribution in [0.1, 0.15) is 39.5 Å². The molecule has 19 heavy (non-hydrogen) atoms. The normalized spacial score (nSPS) is 22.2. The van der Waals surface area contributed by atoms with Gasteiger partial charge in [0.1, 0.15) is 0 Å². The average molecular weight is 327 g/mol. The number of hydrogen-bond donors (Lipinski definition) is 2. The molecular weight excluding hydrogens is 304 g/mol. The summed E-state index contributed by atoms with van der Waals surface area (Å²) in [5.41, 5.74) is 7.90. The van der Waals surface area contributed by atoms with Crippen molar-refractivity contribution in [1.29, 1.82) is 0 Å². The maximum Gasteiger partial charge on any atom is 0.0696 e. The van der Waals surface area contributed by atoms with Gasteiger partial charge in [-0.05, 0) is 43.9 Å². The molecule has 1 aromatic rings. The quantitative estimate of drug-likeness (QED) is 0.816. The Kier molecular flexibility index (Phi) is 4.74. The highest BCUT2D eigenvalue weighted by molar-refractivity contribution is 9.10. The molecule has 1 saturated heterocycles. The first-order valence-corrected chi connectivity index (χ1v) is 7.83. The summed E-state index contributed by atoms with van der Waals surface area (Å²) in [4.78, 5) is 0. The van der Waals surface area contributed by atoms with Crippen molar-refractivity contribution < 1.29 is 4.74 Å². The second-order valence-corrected chi connectivity index (χ2v) is 6.22. The maximum atomic E-state index is 6.05. The monoisotopic (exact) mass is 326 g/mol. The highest BCUT2D eigenvalue weighted by Crippen LogP contribution is 2.34. The molecule has 0 spiro atoms. The van der Waals surface area contributed by atoms with Gasteiger partial charge in [0.25, 0.3) is 0 Å². The molecule has 0 bridgehead atoms. The number of nitrogens with one attached hydrogen (secondary N) is 1. The Morgan fingerprint density at radius 1 is 1.42 bits per heavy atom. The average Bonchev–Trinajstić information content (AvgIpc) is 2.42. The van der Waals surface area contributed by atoms with Crippen molar-refractivity contribution >= 4 is 27.3 Å². The third-order valence-electron chi connectivity index (χ3n) is 4.15. The molecule has 2 rings (SSSR count). The first-order chi connectivity index (χ1) is 9.08. The van der Waals surface area contributed by atoms with E-state index in [9.17, 15) is 0 Å². The van der Waals surface area contributed by atoms with Crippen LogP contribution in [0.25, 0.3) is 0 Å². The van der Waals surface area contributed by atoms with E-state index in [1.54, 1.807) is 0 Å². The molecule has 1 aliphatic rings. The third kappa shape index (κ3) is 3.42. The lowest BCUT2D eigenvalue weighted by atomic mass is 9.86. The van der Waals surface area contributed by atoms with E-state index in [4.69, 9.17) is 10.5 Å². The van der Waals surface area contributed by atoms with E-state index < -0.39 is 0 Å². The Hall–Kier alpha value is -0.740. The Labute approximate surface area is 124 Å². The molecule has 0 radical (unpaired) electrons. The van der Waals surface area contributed by atoms with Crippen molar-refractivity contribution in [3.05, 3.63) is 22.7 Å². The number of ether oxygens (including phenoxy) is 1. The first-order valence-electron chi connectivity index (χ1n) is 7.04. The minimum absolute atomic E-state index is 0.0417. The van der Waals surface area contributed by atoms with E-state index >= 15 is 0 Å². The molecule has 1 aromatic carbocycles. The molecule has 0 amide bonds. The third-order valence-corrected chi connectivity index (χ3v) is 4.65. The van der Waals surface area contributed by atoms with E-state index in [0.29, 0.717) is 6.04 Å². The van der Waals surface area contributed by atoms with Crippen molar-refractivity contribution in [2.75, 3.05) is 17.7 Å². The lowest BCUT2D eigenvalue weighted by Gasteiger charge is -2.40. The summed E-state index contributed by atoms with van der Waals surface area (Å²) in [6, 6.07) is 6.44. The lowest BCUT2D eigenvalue weighted by molar-refractivity contribution is -0.0864. The van der Waals surface area contributed by atoms with Crippen LogP contribution in [0, 0.1) is 0 Å². The van der Waals surface area contributed by atoms with Crippen LogP contribution in [0.3, 0.4) is 0 Å². The van der Waals surface area contributed by atoms with Gasteiger partial charge in [-0.2, -0.15) is 0 Å². The minimum atomic E-state index is 0.0417. The van der Waals surface area contributed by atoms with E-state index in [2.05, 4.69) is 35.1 Å². The molecule has 3 nitrogen and oxygen atoms in total. The van der Waals surface area contributed by atoms with Gasteiger partial charge in [0, 0.05) is 17.1 Å². The van der Waals surface area contributed by atoms with Crippen LogP contribution in [0.4, 0.5) is 11.4 Å². The summed E-state index contributed by atoms with van der Waals surface area (Å²) < 4.78 is 7.02. The smallest absolute Gasteiger partial charge is 0.0696 e. The van der Waals surface area contributed by atoms with Crippen LogP contribution in [-0.4, -0.2) is 18.2 Å². The number of nitrogens with two attached hydrogens (primary N) is 1. The fourth-order valence-corrected chi connectivity index (χ4v) is 3.16. The summed E-state index contributed by atoms with van der Waals surface area (Å²) in [6.45, 7) is 5.25. The van der Waals surface area contributed by atoms with Crippen LogP contribution in [0.5, 0.6) is 0 Å². The molecule has 0 aliphatic carbocycles. The van der Waals surface area contributed by atoms with E-state index in [-0.39, 0.29) is 5.60 Å². The topological polar surface area (TPSA) is 47.3 Å². The number of hydrogen-bond acceptors (Lipinski definition) is 3. The fraction of sp³-hybridized carbons (Fsp3) is 0.600. The largest absolute Gasteiger partial charge is 0.397 e. The highest BCUT2D eigenvalue weighted by atomic mass is 79.9. The zero-order chi connectivity index (χ0) is 13.9. The molecular formula is C15H23BrN2O. The number of anilines is 2. The van der Waals surface area contributed by atoms with E-state index in [0.717, 1.165) is 48.1 Å². The van der Waals surface area contributed by atoms with Gasteiger partial charge < -0.3 is 15.8 Å². The number of halogens is 1. The van der Waals surface area contributed by atoms with Crippen molar-refractivity contribution in [2.45, 2.75) is 51.2 Å². The molecule has 3 N–H and O–H groups in total. The molecule has 1 aliphatic heterocycles. The molecule has 1 unspecified atom stereocenters. The SMILES string of the molecule is CCC1(CC)CC(Nc2ccc(Br)cc2N)CCO1. The van der Waals surface area contributed by atoms with E-state index in [1.807, 2.05) is 18.2 Å². The minimum Gasteiger partial charge on any atom is -0.397 e. The summed E-state index contributed by atoms with van der Waals surface area (Å²) in [5, 5.41) is 3.57. The van der Waals surface area contributed by atoms with Gasteiger partial charge in [0.15, 0.2) is 0 Å². The fourth-order valence-electron chi connectivity index (χ4n) is 2.78. The standard InChI is InChI=1S/C15H23BrN2O/c1-3-15(4-2)10-12(7-8-19-15)18-14-6-5-11(16)9-13(14)17/h5-6,9,12,18H,3-4,7-8,10,17H2,1-2H3. The maximum absolute atomic E-state index is 6.05. The number of nitrogen functional groups attached to an aromatic ring is 1. The van der Waals surface area contributed by atoms with Gasteiger partial charge in [0.2, 0.25) is 0 Å². The van der Waals surface area contributed by atoms with Crippen molar-refractivity contribution in [3.63, 3.8) is 0 Å². The molecule has 4 heteroatoms. The molecule has 1 atom stereocenters. The highest BCUT2D eigenvalue weighted by Gasteiger charge is 2.34. The predicted octanol–water partition coefficient (Wildman–Crippen LogP) is 4.18. The van der Waals surface area contributed by atoms with Gasteiger partial charge >= 0.3 is 0 Å². The van der Waals surface area contributed by atoms with Crippen molar-refractivity contribution in [1.82, 2.24) is 0 Å². The molecule has 1 fully saturated rings. The van der Waals surface area contributed by atoms with Crippen LogP contribution in [-0.2, 0) is 4.74 Å². The van der Waals surface area contributed by atoms with Gasteiger partial charge in [-0.3, -0.25) is 0 Å². The Bertz CT molecular complexity index is 432. The van der Waals surface area contributed by atoms with Crippen molar-refractivity contribution in [3.8, 4) is 0 Å². The lowest BCUT2D eigenvalue weighted by Crippen LogP contribution is -2.43. The van der Waals surface area contributed by atoms with Gasteiger partial charge in [0.05, 0.1) is 17.0 Å². The van der Waals surface area contributed by atoms with Crippen LogP contribution in [0.15, 0.2) is 22.7 Å². The first kappa shape index (κ1) is 14.7. The summed E-state index contributed by atoms with van der Waals surface area (Å²) >= 11 is 3.43. The summed E-state index contributed by atoms with van der Waals surface area (Å²) in [5.74, 6) is 0. The number of benzene rings is 1. The van der Waals surface area contributed by atoms with Crippen LogP contribution in [0.2, 0.25) is 0 Å². The Morgan fingerprint density at radius 2 is 2.16 bits per heavy atom.